The van der Waals surface area contributed by atoms with Crippen LogP contribution in [0.3, 0.4) is 0 Å². The van der Waals surface area contributed by atoms with Crippen LogP contribution in [-0.4, -0.2) is 15.6 Å². The van der Waals surface area contributed by atoms with E-state index in [0.29, 0.717) is 0 Å². The number of carbonyl (C=O) groups is 1. The molecule has 20 heavy (non-hydrogen) atoms. The van der Waals surface area contributed by atoms with Crippen molar-refractivity contribution in [1.29, 1.82) is 0 Å². The van der Waals surface area contributed by atoms with Crippen LogP contribution in [-0.2, 0) is 11.3 Å². The minimum atomic E-state index is -0.930. The Bertz CT molecular complexity index is 827. The molecular weight excluding hydrogens is 250 g/mol. The smallest absolute Gasteiger partial charge is 0.328 e. The van der Waals surface area contributed by atoms with Gasteiger partial charge in [0.15, 0.2) is 0 Å². The predicted octanol–water partition coefficient (Wildman–Crippen LogP) is 3.91. The van der Waals surface area contributed by atoms with Crippen LogP contribution >= 0.6 is 0 Å². The SMILES string of the molecule is CCn1c2ccccc2c2cc(C=CC(=O)O)ccc21. The minimum absolute atomic E-state index is 0.902. The first-order valence-corrected chi connectivity index (χ1v) is 6.62. The molecule has 3 rings (SSSR count). The average molecular weight is 265 g/mol. The fraction of sp³-hybridized carbons (Fsp3) is 0.118. The van der Waals surface area contributed by atoms with Crippen molar-refractivity contribution in [2.24, 2.45) is 0 Å². The van der Waals surface area contributed by atoms with Gasteiger partial charge in [-0.3, -0.25) is 0 Å². The van der Waals surface area contributed by atoms with Crippen molar-refractivity contribution < 1.29 is 9.90 Å². The third-order valence-electron chi connectivity index (χ3n) is 3.53. The minimum Gasteiger partial charge on any atom is -0.478 e. The molecule has 3 nitrogen and oxygen atoms in total. The largest absolute Gasteiger partial charge is 0.478 e. The summed E-state index contributed by atoms with van der Waals surface area (Å²) in [7, 11) is 0. The molecule has 100 valence electrons. The number of nitrogens with zero attached hydrogens (tertiary/aromatic N) is 1. The zero-order valence-corrected chi connectivity index (χ0v) is 11.2. The van der Waals surface area contributed by atoms with Crippen molar-refractivity contribution in [2.75, 3.05) is 0 Å². The number of hydrogen-bond donors (Lipinski definition) is 1. The van der Waals surface area contributed by atoms with Gasteiger partial charge in [0.2, 0.25) is 0 Å². The van der Waals surface area contributed by atoms with Gasteiger partial charge in [-0.05, 0) is 36.8 Å². The summed E-state index contributed by atoms with van der Waals surface area (Å²) in [5, 5.41) is 11.1. The average Bonchev–Trinajstić information content (AvgIpc) is 2.78. The summed E-state index contributed by atoms with van der Waals surface area (Å²) < 4.78 is 2.27. The van der Waals surface area contributed by atoms with Crippen LogP contribution in [0.2, 0.25) is 0 Å². The molecular formula is C17H15NO2. The van der Waals surface area contributed by atoms with Gasteiger partial charge in [0.25, 0.3) is 0 Å². The number of aryl methyl sites for hydroxylation is 1. The van der Waals surface area contributed by atoms with Gasteiger partial charge in [0, 0.05) is 34.4 Å². The number of benzene rings is 2. The van der Waals surface area contributed by atoms with Crippen molar-refractivity contribution in [3.63, 3.8) is 0 Å². The first-order valence-electron chi connectivity index (χ1n) is 6.62. The van der Waals surface area contributed by atoms with Crippen molar-refractivity contribution >= 4 is 33.9 Å². The lowest BCUT2D eigenvalue weighted by Crippen LogP contribution is -1.92. The number of aromatic nitrogens is 1. The van der Waals surface area contributed by atoms with Crippen molar-refractivity contribution in [3.05, 3.63) is 54.1 Å². The van der Waals surface area contributed by atoms with Gasteiger partial charge in [-0.2, -0.15) is 0 Å². The maximum absolute atomic E-state index is 10.6. The molecule has 0 bridgehead atoms. The fourth-order valence-electron chi connectivity index (χ4n) is 2.68. The van der Waals surface area contributed by atoms with Gasteiger partial charge in [0.05, 0.1) is 0 Å². The standard InChI is InChI=1S/C17H15NO2/c1-2-18-15-6-4-3-5-13(15)14-11-12(7-9-16(14)18)8-10-17(19)20/h3-11H,2H2,1H3,(H,19,20). The normalized spacial score (nSPS) is 11.7. The Kier molecular flexibility index (Phi) is 3.03. The zero-order chi connectivity index (χ0) is 14.1. The van der Waals surface area contributed by atoms with E-state index in [-0.39, 0.29) is 0 Å². The lowest BCUT2D eigenvalue weighted by Gasteiger charge is -2.02. The number of fused-ring (bicyclic) bond motifs is 3. The van der Waals surface area contributed by atoms with E-state index in [0.717, 1.165) is 17.5 Å². The molecule has 1 aromatic heterocycles. The van der Waals surface area contributed by atoms with Gasteiger partial charge in [-0.1, -0.05) is 24.3 Å². The number of carboxylic acids is 1. The Labute approximate surface area is 116 Å². The molecule has 0 spiro atoms. The van der Waals surface area contributed by atoms with Gasteiger partial charge in [0.1, 0.15) is 0 Å². The van der Waals surface area contributed by atoms with Crippen LogP contribution in [0.4, 0.5) is 0 Å². The maximum atomic E-state index is 10.6. The van der Waals surface area contributed by atoms with Crippen LogP contribution in [0, 0.1) is 0 Å². The highest BCUT2D eigenvalue weighted by molar-refractivity contribution is 6.08. The molecule has 0 fully saturated rings. The van der Waals surface area contributed by atoms with E-state index in [9.17, 15) is 4.79 Å². The molecule has 3 aromatic rings. The number of carboxylic acid groups (broad SMARTS) is 1. The molecule has 0 amide bonds. The molecule has 0 unspecified atom stereocenters. The highest BCUT2D eigenvalue weighted by Crippen LogP contribution is 2.29. The van der Waals surface area contributed by atoms with Crippen LogP contribution in [0.25, 0.3) is 27.9 Å². The van der Waals surface area contributed by atoms with Gasteiger partial charge >= 0.3 is 5.97 Å². The Morgan fingerprint density at radius 2 is 1.90 bits per heavy atom. The summed E-state index contributed by atoms with van der Waals surface area (Å²) in [6.07, 6.45) is 2.79. The zero-order valence-electron chi connectivity index (χ0n) is 11.2. The van der Waals surface area contributed by atoms with E-state index in [1.807, 2.05) is 24.3 Å². The van der Waals surface area contributed by atoms with Crippen LogP contribution in [0.5, 0.6) is 0 Å². The molecule has 0 radical (unpaired) electrons. The lowest BCUT2D eigenvalue weighted by molar-refractivity contribution is -0.131. The Balaban J connectivity index is 2.28. The van der Waals surface area contributed by atoms with Gasteiger partial charge in [-0.25, -0.2) is 4.79 Å². The third kappa shape index (κ3) is 1.97. The summed E-state index contributed by atoms with van der Waals surface area (Å²) in [5.41, 5.74) is 3.30. The summed E-state index contributed by atoms with van der Waals surface area (Å²) >= 11 is 0. The molecule has 0 aliphatic rings. The van der Waals surface area contributed by atoms with E-state index in [2.05, 4.69) is 29.7 Å². The summed E-state index contributed by atoms with van der Waals surface area (Å²) in [4.78, 5) is 10.6. The van der Waals surface area contributed by atoms with E-state index in [4.69, 9.17) is 5.11 Å². The molecule has 3 heteroatoms. The number of rotatable bonds is 3. The van der Waals surface area contributed by atoms with Crippen LogP contribution in [0.15, 0.2) is 48.5 Å². The van der Waals surface area contributed by atoms with E-state index < -0.39 is 5.97 Å². The Morgan fingerprint density at radius 1 is 1.15 bits per heavy atom. The molecule has 2 aromatic carbocycles. The Hall–Kier alpha value is -2.55. The maximum Gasteiger partial charge on any atom is 0.328 e. The van der Waals surface area contributed by atoms with Crippen molar-refractivity contribution in [1.82, 2.24) is 4.57 Å². The third-order valence-corrected chi connectivity index (χ3v) is 3.53. The monoisotopic (exact) mass is 265 g/mol. The number of para-hydroxylation sites is 1. The Morgan fingerprint density at radius 3 is 2.65 bits per heavy atom. The first kappa shape index (κ1) is 12.5. The highest BCUT2D eigenvalue weighted by atomic mass is 16.4. The van der Waals surface area contributed by atoms with Gasteiger partial charge < -0.3 is 9.67 Å². The highest BCUT2D eigenvalue weighted by Gasteiger charge is 2.08. The summed E-state index contributed by atoms with van der Waals surface area (Å²) in [6.45, 7) is 3.04. The molecule has 0 saturated heterocycles. The van der Waals surface area contributed by atoms with Crippen LogP contribution in [0.1, 0.15) is 12.5 Å². The summed E-state index contributed by atoms with van der Waals surface area (Å²) in [6, 6.07) is 14.3. The van der Waals surface area contributed by atoms with E-state index in [1.165, 1.54) is 22.5 Å². The first-order chi connectivity index (χ1) is 9.70. The van der Waals surface area contributed by atoms with E-state index >= 15 is 0 Å². The molecule has 0 aliphatic carbocycles. The van der Waals surface area contributed by atoms with Crippen molar-refractivity contribution in [3.8, 4) is 0 Å². The fourth-order valence-corrected chi connectivity index (χ4v) is 2.68. The second-order valence-electron chi connectivity index (χ2n) is 4.71. The molecule has 1 N–H and O–H groups in total. The molecule has 0 atom stereocenters. The lowest BCUT2D eigenvalue weighted by atomic mass is 10.1. The topological polar surface area (TPSA) is 42.2 Å². The quantitative estimate of drug-likeness (QED) is 0.729. The summed E-state index contributed by atoms with van der Waals surface area (Å²) in [5.74, 6) is -0.930. The number of aliphatic carboxylic acids is 1. The predicted molar refractivity (Wildman–Crippen MR) is 81.8 cm³/mol. The second-order valence-corrected chi connectivity index (χ2v) is 4.71. The number of hydrogen-bond acceptors (Lipinski definition) is 1. The van der Waals surface area contributed by atoms with E-state index in [1.54, 1.807) is 6.08 Å². The molecule has 1 heterocycles. The molecule has 0 saturated carbocycles. The van der Waals surface area contributed by atoms with Crippen molar-refractivity contribution in [2.45, 2.75) is 13.5 Å². The second kappa shape index (κ2) is 4.85. The van der Waals surface area contributed by atoms with Crippen LogP contribution < -0.4 is 0 Å². The van der Waals surface area contributed by atoms with Gasteiger partial charge in [-0.15, -0.1) is 0 Å². The molecule has 0 aliphatic heterocycles.